The fourth-order valence-electron chi connectivity index (χ4n) is 2.29. The summed E-state index contributed by atoms with van der Waals surface area (Å²) >= 11 is 0.916. The van der Waals surface area contributed by atoms with Crippen molar-refractivity contribution in [3.8, 4) is 0 Å². The van der Waals surface area contributed by atoms with Crippen LogP contribution in [-0.2, 0) is 9.53 Å². The lowest BCUT2D eigenvalue weighted by molar-refractivity contribution is -0.113. The van der Waals surface area contributed by atoms with Gasteiger partial charge in [-0.05, 0) is 39.8 Å². The fourth-order valence-corrected chi connectivity index (χ4v) is 3.14. The maximum absolute atomic E-state index is 12.5. The molecular weight excluding hydrogens is 412 g/mol. The number of thiazole rings is 1. The van der Waals surface area contributed by atoms with Crippen molar-refractivity contribution in [2.24, 2.45) is 10.2 Å². The summed E-state index contributed by atoms with van der Waals surface area (Å²) in [5.41, 5.74) is 0.595. The summed E-state index contributed by atoms with van der Waals surface area (Å²) in [7, 11) is 0. The van der Waals surface area contributed by atoms with Crippen LogP contribution in [0, 0.1) is 13.8 Å². The molecule has 1 aromatic carbocycles. The number of carbonyl (C=O) groups excluding carboxylic acids is 2. The highest BCUT2D eigenvalue weighted by Crippen LogP contribution is 2.25. The lowest BCUT2D eigenvalue weighted by atomic mass is 10.1. The first-order valence-electron chi connectivity index (χ1n) is 8.75. The molecule has 0 aliphatic carbocycles. The Balaban J connectivity index is 2.26. The van der Waals surface area contributed by atoms with E-state index in [9.17, 15) is 24.6 Å². The van der Waals surface area contributed by atoms with Crippen LogP contribution in [0.2, 0.25) is 0 Å². The third-order valence-corrected chi connectivity index (χ3v) is 4.73. The molecular formula is C19H20N4O6S. The molecule has 0 unspecified atom stereocenters. The largest absolute Gasteiger partial charge is 0.510 e. The number of nitrogens with zero attached hydrogens (tertiary/aromatic N) is 3. The lowest BCUT2D eigenvalue weighted by Crippen LogP contribution is -2.14. The number of carbonyl (C=O) groups is 3. The molecule has 1 aromatic heterocycles. The Morgan fingerprint density at radius 2 is 1.93 bits per heavy atom. The second-order valence-corrected chi connectivity index (χ2v) is 7.07. The molecule has 0 spiro atoms. The van der Waals surface area contributed by atoms with Gasteiger partial charge in [-0.3, -0.25) is 10.1 Å². The van der Waals surface area contributed by atoms with E-state index >= 15 is 0 Å². The highest BCUT2D eigenvalue weighted by atomic mass is 32.1. The number of hydrogen-bond donors (Lipinski definition) is 3. The number of allylic oxidation sites excluding steroid dienone is 1. The van der Waals surface area contributed by atoms with Crippen molar-refractivity contribution in [1.29, 1.82) is 0 Å². The Labute approximate surface area is 175 Å². The number of aliphatic hydroxyl groups is 1. The molecule has 11 heteroatoms. The molecule has 3 N–H and O–H groups in total. The minimum absolute atomic E-state index is 0.0225. The summed E-state index contributed by atoms with van der Waals surface area (Å²) in [6.07, 6.45) is 0. The normalized spacial score (nSPS) is 11.9. The van der Waals surface area contributed by atoms with Crippen LogP contribution in [0.25, 0.3) is 0 Å². The average Bonchev–Trinajstić information content (AvgIpc) is 3.02. The van der Waals surface area contributed by atoms with Crippen molar-refractivity contribution in [3.63, 3.8) is 0 Å². The molecule has 30 heavy (non-hydrogen) atoms. The van der Waals surface area contributed by atoms with Gasteiger partial charge in [0, 0.05) is 0 Å². The number of amides is 1. The van der Waals surface area contributed by atoms with Crippen molar-refractivity contribution >= 4 is 40.0 Å². The third kappa shape index (κ3) is 5.47. The third-order valence-electron chi connectivity index (χ3n) is 3.68. The maximum atomic E-state index is 12.5. The Morgan fingerprint density at radius 1 is 1.23 bits per heavy atom. The molecule has 2 aromatic rings. The first kappa shape index (κ1) is 22.7. The highest BCUT2D eigenvalue weighted by molar-refractivity contribution is 7.17. The molecule has 0 aliphatic rings. The standard InChI is InChI=1S/C19H20N4O6S/c1-5-29-18(28)15-10(3)20-19(30-15)21-16(25)14(11(4)24)23-22-13-7-6-9(2)8-12(13)17(26)27/h6-8,24H,5H2,1-4H3,(H,26,27)(H,20,21,25). The molecule has 0 aliphatic heterocycles. The topological polar surface area (TPSA) is 151 Å². The van der Waals surface area contributed by atoms with E-state index in [1.165, 1.54) is 19.1 Å². The van der Waals surface area contributed by atoms with Gasteiger partial charge in [0.05, 0.1) is 17.9 Å². The van der Waals surface area contributed by atoms with Crippen molar-refractivity contribution in [2.45, 2.75) is 27.7 Å². The number of rotatable bonds is 7. The van der Waals surface area contributed by atoms with Gasteiger partial charge < -0.3 is 14.9 Å². The minimum atomic E-state index is -1.20. The van der Waals surface area contributed by atoms with E-state index in [1.807, 2.05) is 0 Å². The number of azo groups is 1. The predicted molar refractivity (Wildman–Crippen MR) is 109 cm³/mol. The predicted octanol–water partition coefficient (Wildman–Crippen LogP) is 4.15. The maximum Gasteiger partial charge on any atom is 0.350 e. The van der Waals surface area contributed by atoms with Gasteiger partial charge in [0.1, 0.15) is 16.3 Å². The molecule has 0 fully saturated rings. The Morgan fingerprint density at radius 3 is 2.53 bits per heavy atom. The summed E-state index contributed by atoms with van der Waals surface area (Å²) in [4.78, 5) is 40.1. The quantitative estimate of drug-likeness (QED) is 0.257. The van der Waals surface area contributed by atoms with Gasteiger partial charge in [0.2, 0.25) is 0 Å². The van der Waals surface area contributed by atoms with Crippen molar-refractivity contribution in [1.82, 2.24) is 4.98 Å². The second kappa shape index (κ2) is 9.74. The van der Waals surface area contributed by atoms with E-state index in [2.05, 4.69) is 20.5 Å². The molecule has 0 radical (unpaired) electrons. The number of anilines is 1. The van der Waals surface area contributed by atoms with Crippen molar-refractivity contribution < 1.29 is 29.3 Å². The van der Waals surface area contributed by atoms with Crippen LogP contribution < -0.4 is 5.32 Å². The van der Waals surface area contributed by atoms with Gasteiger partial charge >= 0.3 is 11.9 Å². The van der Waals surface area contributed by atoms with E-state index in [1.54, 1.807) is 26.8 Å². The van der Waals surface area contributed by atoms with Gasteiger partial charge in [-0.1, -0.05) is 23.0 Å². The number of aromatic nitrogens is 1. The van der Waals surface area contributed by atoms with Gasteiger partial charge in [-0.15, -0.1) is 10.2 Å². The molecule has 1 amide bonds. The number of aromatic carboxylic acids is 1. The van der Waals surface area contributed by atoms with Crippen LogP contribution in [-0.4, -0.2) is 39.6 Å². The number of benzene rings is 1. The number of esters is 1. The molecule has 0 bridgehead atoms. The molecule has 1 heterocycles. The number of carboxylic acids is 1. The van der Waals surface area contributed by atoms with Gasteiger partial charge in [0.15, 0.2) is 10.8 Å². The van der Waals surface area contributed by atoms with Crippen LogP contribution in [0.4, 0.5) is 10.8 Å². The van der Waals surface area contributed by atoms with Gasteiger partial charge in [0.25, 0.3) is 5.91 Å². The van der Waals surface area contributed by atoms with E-state index in [-0.39, 0.29) is 27.9 Å². The monoisotopic (exact) mass is 432 g/mol. The Bertz CT molecular complexity index is 1050. The van der Waals surface area contributed by atoms with Crippen LogP contribution in [0.1, 0.15) is 45.1 Å². The van der Waals surface area contributed by atoms with Crippen LogP contribution in [0.15, 0.2) is 39.9 Å². The lowest BCUT2D eigenvalue weighted by Gasteiger charge is -2.04. The first-order chi connectivity index (χ1) is 14.1. The van der Waals surface area contributed by atoms with E-state index < -0.39 is 29.3 Å². The Hall–Kier alpha value is -3.60. The molecule has 0 saturated carbocycles. The van der Waals surface area contributed by atoms with Gasteiger partial charge in [-0.25, -0.2) is 14.6 Å². The summed E-state index contributed by atoms with van der Waals surface area (Å²) in [6.45, 7) is 6.43. The fraction of sp³-hybridized carbons (Fsp3) is 0.263. The number of aliphatic hydroxyl groups excluding tert-OH is 1. The first-order valence-corrected chi connectivity index (χ1v) is 9.57. The number of ether oxygens (including phenoxy) is 1. The molecule has 0 atom stereocenters. The minimum Gasteiger partial charge on any atom is -0.510 e. The van der Waals surface area contributed by atoms with Crippen LogP contribution in [0.5, 0.6) is 0 Å². The molecule has 158 valence electrons. The second-order valence-electron chi connectivity index (χ2n) is 6.07. The molecule has 0 saturated heterocycles. The SMILES string of the molecule is CCOC(=O)c1sc(NC(=O)C(N=Nc2ccc(C)cc2C(=O)O)=C(C)O)nc1C. The van der Waals surface area contributed by atoms with E-state index in [0.717, 1.165) is 16.9 Å². The van der Waals surface area contributed by atoms with E-state index in [4.69, 9.17) is 4.74 Å². The number of carboxylic acid groups (broad SMARTS) is 1. The zero-order valence-electron chi connectivity index (χ0n) is 16.7. The molecule has 10 nitrogen and oxygen atoms in total. The highest BCUT2D eigenvalue weighted by Gasteiger charge is 2.20. The summed E-state index contributed by atoms with van der Waals surface area (Å²) in [5, 5.41) is 29.2. The van der Waals surface area contributed by atoms with Crippen molar-refractivity contribution in [3.05, 3.63) is 51.4 Å². The summed E-state index contributed by atoms with van der Waals surface area (Å²) in [5.74, 6) is -3.01. The Kier molecular flexibility index (Phi) is 7.37. The summed E-state index contributed by atoms with van der Waals surface area (Å²) < 4.78 is 4.93. The number of hydrogen-bond acceptors (Lipinski definition) is 9. The molecule has 2 rings (SSSR count). The smallest absolute Gasteiger partial charge is 0.350 e. The van der Waals surface area contributed by atoms with Crippen molar-refractivity contribution in [2.75, 3.05) is 11.9 Å². The van der Waals surface area contributed by atoms with E-state index in [0.29, 0.717) is 5.69 Å². The number of nitrogens with one attached hydrogen (secondary N) is 1. The zero-order valence-corrected chi connectivity index (χ0v) is 17.5. The van der Waals surface area contributed by atoms with Crippen LogP contribution in [0.3, 0.4) is 0 Å². The summed E-state index contributed by atoms with van der Waals surface area (Å²) in [6, 6.07) is 4.51. The van der Waals surface area contributed by atoms with Crippen LogP contribution >= 0.6 is 11.3 Å². The number of aryl methyl sites for hydroxylation is 2. The zero-order chi connectivity index (χ0) is 22.4. The average molecular weight is 432 g/mol. The van der Waals surface area contributed by atoms with Gasteiger partial charge in [-0.2, -0.15) is 0 Å².